The van der Waals surface area contributed by atoms with Gasteiger partial charge < -0.3 is 4.74 Å². The van der Waals surface area contributed by atoms with Gasteiger partial charge in [-0.3, -0.25) is 4.79 Å². The van der Waals surface area contributed by atoms with Crippen LogP contribution >= 0.6 is 0 Å². The predicted molar refractivity (Wildman–Crippen MR) is 105 cm³/mol. The Balaban J connectivity index is 1.66. The van der Waals surface area contributed by atoms with Crippen molar-refractivity contribution in [3.05, 3.63) is 35.9 Å². The second-order valence-corrected chi connectivity index (χ2v) is 7.62. The van der Waals surface area contributed by atoms with Crippen LogP contribution in [0.1, 0.15) is 96.0 Å². The second-order valence-electron chi connectivity index (χ2n) is 7.62. The summed E-state index contributed by atoms with van der Waals surface area (Å²) in [5.41, 5.74) is 1.28. The van der Waals surface area contributed by atoms with Gasteiger partial charge in [-0.2, -0.15) is 0 Å². The molecule has 1 saturated carbocycles. The average molecular weight is 345 g/mol. The highest BCUT2D eigenvalue weighted by atomic mass is 16.5. The highest BCUT2D eigenvalue weighted by molar-refractivity contribution is 5.77. The molecule has 2 rings (SSSR count). The van der Waals surface area contributed by atoms with E-state index in [-0.39, 0.29) is 18.0 Å². The highest BCUT2D eigenvalue weighted by Crippen LogP contribution is 2.48. The smallest absolute Gasteiger partial charge is 0.309 e. The lowest BCUT2D eigenvalue weighted by Gasteiger charge is -2.17. The van der Waals surface area contributed by atoms with E-state index < -0.39 is 0 Å². The number of carbonyl (C=O) groups excluding carboxylic acids is 1. The Morgan fingerprint density at radius 3 is 2.32 bits per heavy atom. The Labute approximate surface area is 154 Å². The van der Waals surface area contributed by atoms with E-state index in [4.69, 9.17) is 4.74 Å². The molecule has 2 heteroatoms. The van der Waals surface area contributed by atoms with Crippen LogP contribution < -0.4 is 0 Å². The summed E-state index contributed by atoms with van der Waals surface area (Å²) in [6, 6.07) is 10.4. The first-order valence-corrected chi connectivity index (χ1v) is 10.5. The minimum atomic E-state index is 0.0373. The number of ether oxygens (including phenoxy) is 1. The number of esters is 1. The van der Waals surface area contributed by atoms with Gasteiger partial charge in [0.15, 0.2) is 0 Å². The monoisotopic (exact) mass is 344 g/mol. The van der Waals surface area contributed by atoms with Gasteiger partial charge in [-0.05, 0) is 37.2 Å². The van der Waals surface area contributed by atoms with Crippen molar-refractivity contribution in [1.29, 1.82) is 0 Å². The van der Waals surface area contributed by atoms with Gasteiger partial charge in [0.25, 0.3) is 0 Å². The van der Waals surface area contributed by atoms with E-state index in [9.17, 15) is 4.79 Å². The minimum absolute atomic E-state index is 0.0373. The lowest BCUT2D eigenvalue weighted by molar-refractivity contribution is -0.151. The van der Waals surface area contributed by atoms with E-state index in [0.29, 0.717) is 5.92 Å². The van der Waals surface area contributed by atoms with Crippen molar-refractivity contribution in [2.45, 2.75) is 96.5 Å². The molecule has 0 N–H and O–H groups in total. The maximum Gasteiger partial charge on any atom is 0.309 e. The summed E-state index contributed by atoms with van der Waals surface area (Å²) >= 11 is 0. The largest absolute Gasteiger partial charge is 0.462 e. The number of hydrogen-bond acceptors (Lipinski definition) is 2. The van der Waals surface area contributed by atoms with Crippen LogP contribution in [0.2, 0.25) is 0 Å². The molecule has 0 spiro atoms. The fraction of sp³-hybridized carbons (Fsp3) is 0.696. The molecule has 1 aromatic rings. The van der Waals surface area contributed by atoms with Crippen LogP contribution in [0.25, 0.3) is 0 Å². The zero-order valence-electron chi connectivity index (χ0n) is 16.2. The molecule has 3 atom stereocenters. The summed E-state index contributed by atoms with van der Waals surface area (Å²) < 4.78 is 5.87. The zero-order chi connectivity index (χ0) is 17.9. The molecule has 0 bridgehead atoms. The van der Waals surface area contributed by atoms with Crippen molar-refractivity contribution in [2.75, 3.05) is 0 Å². The first-order valence-electron chi connectivity index (χ1n) is 10.5. The molecule has 0 aliphatic heterocycles. The summed E-state index contributed by atoms with van der Waals surface area (Å²) in [4.78, 5) is 12.5. The SMILES string of the molecule is CCCCCCCCCC(CCC)OC(=O)C1CC1c1ccccc1. The fourth-order valence-electron chi connectivity index (χ4n) is 3.69. The lowest BCUT2D eigenvalue weighted by Crippen LogP contribution is -2.19. The normalized spacial score (nSPS) is 20.2. The Kier molecular flexibility index (Phi) is 9.07. The molecule has 140 valence electrons. The van der Waals surface area contributed by atoms with E-state index in [1.807, 2.05) is 6.07 Å². The molecule has 1 aromatic carbocycles. The molecular weight excluding hydrogens is 308 g/mol. The zero-order valence-corrected chi connectivity index (χ0v) is 16.2. The minimum Gasteiger partial charge on any atom is -0.462 e. The molecule has 2 nitrogen and oxygen atoms in total. The quantitative estimate of drug-likeness (QED) is 0.296. The van der Waals surface area contributed by atoms with E-state index in [0.717, 1.165) is 25.7 Å². The number of rotatable bonds is 13. The Morgan fingerprint density at radius 2 is 1.64 bits per heavy atom. The molecule has 25 heavy (non-hydrogen) atoms. The van der Waals surface area contributed by atoms with E-state index in [1.165, 1.54) is 50.5 Å². The maximum absolute atomic E-state index is 12.5. The summed E-state index contributed by atoms with van der Waals surface area (Å²) in [6.45, 7) is 4.43. The third kappa shape index (κ3) is 7.22. The van der Waals surface area contributed by atoms with Crippen molar-refractivity contribution < 1.29 is 9.53 Å². The lowest BCUT2D eigenvalue weighted by atomic mass is 10.0. The molecule has 0 radical (unpaired) electrons. The van der Waals surface area contributed by atoms with Crippen molar-refractivity contribution in [2.24, 2.45) is 5.92 Å². The summed E-state index contributed by atoms with van der Waals surface area (Å²) in [6.07, 6.45) is 13.4. The maximum atomic E-state index is 12.5. The molecule has 0 aromatic heterocycles. The molecule has 0 heterocycles. The van der Waals surface area contributed by atoms with Crippen LogP contribution in [0.5, 0.6) is 0 Å². The van der Waals surface area contributed by atoms with Gasteiger partial charge in [0.05, 0.1) is 5.92 Å². The first kappa shape index (κ1) is 20.0. The van der Waals surface area contributed by atoms with Crippen LogP contribution in [0.15, 0.2) is 30.3 Å². The molecule has 0 saturated heterocycles. The van der Waals surface area contributed by atoms with Gasteiger partial charge in [-0.15, -0.1) is 0 Å². The van der Waals surface area contributed by atoms with E-state index >= 15 is 0 Å². The Hall–Kier alpha value is -1.31. The van der Waals surface area contributed by atoms with Gasteiger partial charge in [0.2, 0.25) is 0 Å². The Morgan fingerprint density at radius 1 is 0.960 bits per heavy atom. The predicted octanol–water partition coefficient (Wildman–Crippen LogP) is 6.64. The first-order chi connectivity index (χ1) is 12.3. The van der Waals surface area contributed by atoms with Gasteiger partial charge in [0.1, 0.15) is 6.10 Å². The highest BCUT2D eigenvalue weighted by Gasteiger charge is 2.45. The van der Waals surface area contributed by atoms with Crippen LogP contribution in [-0.4, -0.2) is 12.1 Å². The van der Waals surface area contributed by atoms with Crippen molar-refractivity contribution in [3.63, 3.8) is 0 Å². The van der Waals surface area contributed by atoms with E-state index in [2.05, 4.69) is 38.1 Å². The number of unbranched alkanes of at least 4 members (excludes halogenated alkanes) is 6. The van der Waals surface area contributed by atoms with Crippen LogP contribution in [-0.2, 0) is 9.53 Å². The van der Waals surface area contributed by atoms with Gasteiger partial charge in [-0.25, -0.2) is 0 Å². The third-order valence-electron chi connectivity index (χ3n) is 5.34. The van der Waals surface area contributed by atoms with Gasteiger partial charge in [0, 0.05) is 0 Å². The van der Waals surface area contributed by atoms with Crippen LogP contribution in [0.4, 0.5) is 0 Å². The number of hydrogen-bond donors (Lipinski definition) is 0. The van der Waals surface area contributed by atoms with Crippen molar-refractivity contribution in [1.82, 2.24) is 0 Å². The summed E-state index contributed by atoms with van der Waals surface area (Å²) in [5.74, 6) is 0.514. The molecule has 0 amide bonds. The molecule has 1 fully saturated rings. The molecule has 1 aliphatic carbocycles. The Bertz CT molecular complexity index is 482. The summed E-state index contributed by atoms with van der Waals surface area (Å²) in [5, 5.41) is 0. The van der Waals surface area contributed by atoms with Gasteiger partial charge >= 0.3 is 5.97 Å². The second kappa shape index (κ2) is 11.3. The number of benzene rings is 1. The molecular formula is C23H36O2. The average Bonchev–Trinajstić information content (AvgIpc) is 3.43. The third-order valence-corrected chi connectivity index (χ3v) is 5.34. The molecule has 1 aliphatic rings. The van der Waals surface area contributed by atoms with Crippen molar-refractivity contribution >= 4 is 5.97 Å². The number of carbonyl (C=O) groups is 1. The van der Waals surface area contributed by atoms with Crippen LogP contribution in [0, 0.1) is 5.92 Å². The topological polar surface area (TPSA) is 26.3 Å². The van der Waals surface area contributed by atoms with Crippen LogP contribution in [0.3, 0.4) is 0 Å². The summed E-state index contributed by atoms with van der Waals surface area (Å²) in [7, 11) is 0. The van der Waals surface area contributed by atoms with Crippen molar-refractivity contribution in [3.8, 4) is 0 Å². The van der Waals surface area contributed by atoms with E-state index in [1.54, 1.807) is 0 Å². The standard InChI is InChI=1S/C23H36O2/c1-3-5-6-7-8-9-13-17-20(14-4-2)25-23(24)22-18-21(22)19-15-11-10-12-16-19/h10-12,15-16,20-22H,3-9,13-14,17-18H2,1-2H3. The molecule has 3 unspecified atom stereocenters. The van der Waals surface area contributed by atoms with Gasteiger partial charge in [-0.1, -0.05) is 89.1 Å². The fourth-order valence-corrected chi connectivity index (χ4v) is 3.69.